The molecule has 0 unspecified atom stereocenters. The molecule has 0 fully saturated rings. The van der Waals surface area contributed by atoms with Gasteiger partial charge in [-0.05, 0) is 116 Å². The van der Waals surface area contributed by atoms with Crippen molar-refractivity contribution < 1.29 is 0 Å². The minimum Gasteiger partial charge on any atom is -0.310 e. The first-order chi connectivity index (χ1) is 28.8. The molecule has 0 aliphatic carbocycles. The van der Waals surface area contributed by atoms with E-state index in [0.717, 1.165) is 22.7 Å². The Morgan fingerprint density at radius 3 is 1.62 bits per heavy atom. The zero-order valence-corrected chi connectivity index (χ0v) is 31.8. The lowest BCUT2D eigenvalue weighted by atomic mass is 9.96. The van der Waals surface area contributed by atoms with Crippen LogP contribution in [0.2, 0.25) is 0 Å². The molecule has 0 bridgehead atoms. The van der Waals surface area contributed by atoms with E-state index < -0.39 is 0 Å². The van der Waals surface area contributed by atoms with Gasteiger partial charge < -0.3 is 9.47 Å². The van der Waals surface area contributed by atoms with E-state index in [9.17, 15) is 0 Å². The molecule has 0 saturated heterocycles. The summed E-state index contributed by atoms with van der Waals surface area (Å²) in [5.41, 5.74) is 14.0. The Labute approximate surface area is 338 Å². The molecule has 11 rings (SSSR count). The molecule has 1 heterocycles. The van der Waals surface area contributed by atoms with Crippen LogP contribution in [0.1, 0.15) is 0 Å². The predicted octanol–water partition coefficient (Wildman–Crippen LogP) is 15.6. The van der Waals surface area contributed by atoms with Crippen molar-refractivity contribution in [2.24, 2.45) is 0 Å². The van der Waals surface area contributed by atoms with Crippen molar-refractivity contribution in [3.05, 3.63) is 231 Å². The zero-order chi connectivity index (χ0) is 38.4. The maximum absolute atomic E-state index is 2.42. The van der Waals surface area contributed by atoms with Crippen molar-refractivity contribution in [2.45, 2.75) is 0 Å². The van der Waals surface area contributed by atoms with Gasteiger partial charge in [0.15, 0.2) is 0 Å². The summed E-state index contributed by atoms with van der Waals surface area (Å²) in [5, 5.41) is 7.53. The second kappa shape index (κ2) is 14.1. The number of para-hydroxylation sites is 1. The van der Waals surface area contributed by atoms with E-state index in [1.807, 2.05) is 0 Å². The highest BCUT2D eigenvalue weighted by atomic mass is 15.1. The van der Waals surface area contributed by atoms with Crippen molar-refractivity contribution in [3.8, 4) is 39.1 Å². The molecule has 0 aliphatic heterocycles. The van der Waals surface area contributed by atoms with Gasteiger partial charge in [-0.3, -0.25) is 0 Å². The Hall–Kier alpha value is -7.68. The van der Waals surface area contributed by atoms with Crippen LogP contribution in [-0.2, 0) is 0 Å². The summed E-state index contributed by atoms with van der Waals surface area (Å²) < 4.78 is 2.42. The fourth-order valence-corrected chi connectivity index (χ4v) is 8.91. The maximum Gasteiger partial charge on any atom is 0.0547 e. The van der Waals surface area contributed by atoms with Crippen LogP contribution in [-0.4, -0.2) is 4.57 Å². The Kier molecular flexibility index (Phi) is 8.19. The van der Waals surface area contributed by atoms with Crippen molar-refractivity contribution >= 4 is 60.4 Å². The van der Waals surface area contributed by atoms with Crippen LogP contribution >= 0.6 is 0 Å². The summed E-state index contributed by atoms with van der Waals surface area (Å²) in [5.74, 6) is 0. The Bertz CT molecular complexity index is 3260. The minimum atomic E-state index is 1.09. The molecule has 0 aliphatic rings. The number of hydrogen-bond acceptors (Lipinski definition) is 1. The Balaban J connectivity index is 1.11. The van der Waals surface area contributed by atoms with Crippen LogP contribution in [0.4, 0.5) is 17.1 Å². The van der Waals surface area contributed by atoms with Crippen LogP contribution in [0.5, 0.6) is 0 Å². The molecule has 0 spiro atoms. The molecule has 0 N–H and O–H groups in total. The number of benzene rings is 10. The summed E-state index contributed by atoms with van der Waals surface area (Å²) >= 11 is 0. The SMILES string of the molecule is c1ccc(-c2cccc(N(c3ccc(-c4cccc5ccccc45)cc3)c3cccc(-c4cccc5c4c4c6ccccc6ccc4n5-c4ccccc4)c3)c2)cc1. The van der Waals surface area contributed by atoms with Gasteiger partial charge in [-0.15, -0.1) is 0 Å². The van der Waals surface area contributed by atoms with Crippen molar-refractivity contribution in [1.29, 1.82) is 0 Å². The van der Waals surface area contributed by atoms with Gasteiger partial charge in [0.1, 0.15) is 0 Å². The molecular formula is C56H38N2. The number of fused-ring (bicyclic) bond motifs is 6. The second-order valence-electron chi connectivity index (χ2n) is 14.9. The number of rotatable bonds is 7. The molecule has 2 nitrogen and oxygen atoms in total. The van der Waals surface area contributed by atoms with Gasteiger partial charge in [-0.25, -0.2) is 0 Å². The summed E-state index contributed by atoms with van der Waals surface area (Å²) in [6.07, 6.45) is 0. The smallest absolute Gasteiger partial charge is 0.0547 e. The number of anilines is 3. The van der Waals surface area contributed by atoms with Crippen LogP contribution < -0.4 is 4.90 Å². The van der Waals surface area contributed by atoms with E-state index in [1.54, 1.807) is 0 Å². The third kappa shape index (κ3) is 5.74. The predicted molar refractivity (Wildman–Crippen MR) is 247 cm³/mol. The lowest BCUT2D eigenvalue weighted by Gasteiger charge is -2.27. The van der Waals surface area contributed by atoms with E-state index in [1.165, 1.54) is 76.7 Å². The van der Waals surface area contributed by atoms with Crippen molar-refractivity contribution in [2.75, 3.05) is 4.90 Å². The first-order valence-corrected chi connectivity index (χ1v) is 19.9. The zero-order valence-electron chi connectivity index (χ0n) is 31.8. The quantitative estimate of drug-likeness (QED) is 0.158. The molecule has 0 atom stereocenters. The average Bonchev–Trinajstić information content (AvgIpc) is 3.65. The number of nitrogens with zero attached hydrogens (tertiary/aromatic N) is 2. The molecule has 2 heteroatoms. The van der Waals surface area contributed by atoms with Crippen LogP contribution in [0, 0.1) is 0 Å². The third-order valence-corrected chi connectivity index (χ3v) is 11.5. The van der Waals surface area contributed by atoms with E-state index in [-0.39, 0.29) is 0 Å². The normalized spacial score (nSPS) is 11.4. The highest BCUT2D eigenvalue weighted by molar-refractivity contribution is 6.25. The number of aromatic nitrogens is 1. The Morgan fingerprint density at radius 2 is 0.845 bits per heavy atom. The molecule has 1 aromatic heterocycles. The fraction of sp³-hybridized carbons (Fsp3) is 0. The molecule has 58 heavy (non-hydrogen) atoms. The van der Waals surface area contributed by atoms with Crippen LogP contribution in [0.25, 0.3) is 82.4 Å². The molecule has 272 valence electrons. The minimum absolute atomic E-state index is 1.09. The molecule has 10 aromatic carbocycles. The first-order valence-electron chi connectivity index (χ1n) is 19.9. The summed E-state index contributed by atoms with van der Waals surface area (Å²) in [6.45, 7) is 0. The summed E-state index contributed by atoms with van der Waals surface area (Å²) in [7, 11) is 0. The standard InChI is InChI=1S/C56H38N2/c1-3-15-39(16-4-1)43-20-11-24-47(37-43)57(46-34-31-42(32-35-46)50-28-13-19-40-17-7-9-26-49(40)50)48-25-12-21-44(38-48)52-29-14-30-53-56(52)55-51-27-10-8-18-41(51)33-36-54(55)58(53)45-22-5-2-6-23-45/h1-38H. The van der Waals surface area contributed by atoms with Crippen molar-refractivity contribution in [1.82, 2.24) is 4.57 Å². The van der Waals surface area contributed by atoms with Gasteiger partial charge in [-0.2, -0.15) is 0 Å². The van der Waals surface area contributed by atoms with Crippen LogP contribution in [0.3, 0.4) is 0 Å². The lowest BCUT2D eigenvalue weighted by molar-refractivity contribution is 1.18. The van der Waals surface area contributed by atoms with Gasteiger partial charge in [-0.1, -0.05) is 170 Å². The lowest BCUT2D eigenvalue weighted by Crippen LogP contribution is -2.10. The van der Waals surface area contributed by atoms with E-state index in [2.05, 4.69) is 240 Å². The van der Waals surface area contributed by atoms with Gasteiger partial charge >= 0.3 is 0 Å². The Morgan fingerprint density at radius 1 is 0.293 bits per heavy atom. The number of hydrogen-bond donors (Lipinski definition) is 0. The van der Waals surface area contributed by atoms with Gasteiger partial charge in [0.2, 0.25) is 0 Å². The topological polar surface area (TPSA) is 8.17 Å². The largest absolute Gasteiger partial charge is 0.310 e. The molecule has 11 aromatic rings. The first kappa shape index (κ1) is 33.6. The molecule has 0 saturated carbocycles. The van der Waals surface area contributed by atoms with E-state index in [4.69, 9.17) is 0 Å². The van der Waals surface area contributed by atoms with E-state index >= 15 is 0 Å². The average molecular weight is 739 g/mol. The van der Waals surface area contributed by atoms with E-state index in [0.29, 0.717) is 0 Å². The monoisotopic (exact) mass is 738 g/mol. The van der Waals surface area contributed by atoms with Gasteiger partial charge in [0, 0.05) is 33.5 Å². The molecular weight excluding hydrogens is 701 g/mol. The van der Waals surface area contributed by atoms with Gasteiger partial charge in [0.25, 0.3) is 0 Å². The fourth-order valence-electron chi connectivity index (χ4n) is 8.91. The van der Waals surface area contributed by atoms with Crippen molar-refractivity contribution in [3.63, 3.8) is 0 Å². The highest BCUT2D eigenvalue weighted by Crippen LogP contribution is 2.44. The maximum atomic E-state index is 2.42. The molecule has 0 radical (unpaired) electrons. The summed E-state index contributed by atoms with van der Waals surface area (Å²) in [4.78, 5) is 2.39. The third-order valence-electron chi connectivity index (χ3n) is 11.5. The molecule has 0 amide bonds. The second-order valence-corrected chi connectivity index (χ2v) is 14.9. The van der Waals surface area contributed by atoms with Crippen LogP contribution in [0.15, 0.2) is 231 Å². The summed E-state index contributed by atoms with van der Waals surface area (Å²) in [6, 6.07) is 83.6. The van der Waals surface area contributed by atoms with Gasteiger partial charge in [0.05, 0.1) is 11.0 Å². The highest BCUT2D eigenvalue weighted by Gasteiger charge is 2.20.